The number of hydrogen-bond acceptors (Lipinski definition) is 2. The van der Waals surface area contributed by atoms with Crippen LogP contribution in [0.25, 0.3) is 10.9 Å². The predicted molar refractivity (Wildman–Crippen MR) is 86.9 cm³/mol. The van der Waals surface area contributed by atoms with Gasteiger partial charge in [0.25, 0.3) is 0 Å². The monoisotopic (exact) mass is 348 g/mol. The average molecular weight is 348 g/mol. The Morgan fingerprint density at radius 1 is 1.16 bits per heavy atom. The lowest BCUT2D eigenvalue weighted by Crippen LogP contribution is -2.19. The number of carbonyl (C=O) groups excluding carboxylic acids is 1. The Kier molecular flexibility index (Phi) is 4.39. The summed E-state index contributed by atoms with van der Waals surface area (Å²) in [5, 5.41) is 0.910. The Balaban J connectivity index is 1.96. The Bertz CT molecular complexity index is 902. The van der Waals surface area contributed by atoms with Gasteiger partial charge in [-0.05, 0) is 29.3 Å². The van der Waals surface area contributed by atoms with Gasteiger partial charge in [0.15, 0.2) is 0 Å². The van der Waals surface area contributed by atoms with Gasteiger partial charge in [-0.1, -0.05) is 30.3 Å². The fraction of sp³-hybridized carbons (Fsp3) is 0.167. The molecule has 3 rings (SSSR count). The van der Waals surface area contributed by atoms with E-state index in [9.17, 15) is 18.0 Å². The second-order valence-electron chi connectivity index (χ2n) is 5.61. The minimum absolute atomic E-state index is 0.203. The number of nitrogens with two attached hydrogens (primary N) is 1. The molecule has 0 unspecified atom stereocenters. The minimum atomic E-state index is -4.48. The number of benzene rings is 2. The van der Waals surface area contributed by atoms with Crippen molar-refractivity contribution in [1.29, 1.82) is 0 Å². The summed E-state index contributed by atoms with van der Waals surface area (Å²) in [5.41, 5.74) is 6.24. The largest absolute Gasteiger partial charge is 0.441 e. The molecule has 1 aromatic heterocycles. The van der Waals surface area contributed by atoms with Gasteiger partial charge in [-0.25, -0.2) is 4.79 Å². The van der Waals surface area contributed by atoms with Crippen molar-refractivity contribution in [2.75, 3.05) is 0 Å². The van der Waals surface area contributed by atoms with Crippen LogP contribution in [0.15, 0.2) is 54.7 Å². The number of aromatic amines is 1. The molecule has 7 heteroatoms. The summed E-state index contributed by atoms with van der Waals surface area (Å²) in [4.78, 5) is 14.3. The summed E-state index contributed by atoms with van der Waals surface area (Å²) >= 11 is 0. The number of amides is 1. The van der Waals surface area contributed by atoms with Crippen LogP contribution in [-0.4, -0.2) is 11.1 Å². The Morgan fingerprint density at radius 3 is 2.64 bits per heavy atom. The Labute approximate surface area is 141 Å². The third kappa shape index (κ3) is 3.76. The zero-order valence-corrected chi connectivity index (χ0v) is 13.0. The molecular formula is C18H15F3N2O2. The maximum atomic E-state index is 12.9. The topological polar surface area (TPSA) is 68.1 Å². The minimum Gasteiger partial charge on any atom is -0.441 e. The molecule has 1 atom stereocenters. The van der Waals surface area contributed by atoms with E-state index < -0.39 is 23.9 Å². The van der Waals surface area contributed by atoms with Crippen molar-refractivity contribution >= 4 is 17.0 Å². The van der Waals surface area contributed by atoms with Gasteiger partial charge in [0.2, 0.25) is 0 Å². The standard InChI is InChI=1S/C18H15F3N2O2/c19-18(20,21)13-5-3-4-11(8-13)16(25-17(22)24)9-12-10-23-15-7-2-1-6-14(12)15/h1-8,10,16,23H,9H2,(H2,22,24)/t16-/m1/s1. The number of hydrogen-bond donors (Lipinski definition) is 2. The molecule has 0 bridgehead atoms. The number of nitrogens with one attached hydrogen (secondary N) is 1. The first-order chi connectivity index (χ1) is 11.8. The van der Waals surface area contributed by atoms with Gasteiger partial charge in [0.05, 0.1) is 5.56 Å². The summed E-state index contributed by atoms with van der Waals surface area (Å²) in [5.74, 6) is 0. The van der Waals surface area contributed by atoms with Gasteiger partial charge < -0.3 is 15.5 Å². The number of H-pyrrole nitrogens is 1. The number of alkyl halides is 3. The lowest BCUT2D eigenvalue weighted by Gasteiger charge is -2.18. The molecule has 0 saturated heterocycles. The smallest absolute Gasteiger partial charge is 0.416 e. The van der Waals surface area contributed by atoms with E-state index in [1.165, 1.54) is 12.1 Å². The first-order valence-electron chi connectivity index (χ1n) is 7.53. The van der Waals surface area contributed by atoms with E-state index in [1.54, 1.807) is 6.20 Å². The first kappa shape index (κ1) is 16.9. The zero-order valence-electron chi connectivity index (χ0n) is 13.0. The normalized spacial score (nSPS) is 12.9. The van der Waals surface area contributed by atoms with Crippen LogP contribution in [0.5, 0.6) is 0 Å². The maximum absolute atomic E-state index is 12.9. The van der Waals surface area contributed by atoms with Crippen molar-refractivity contribution < 1.29 is 22.7 Å². The molecule has 0 aliphatic carbocycles. The van der Waals surface area contributed by atoms with Crippen molar-refractivity contribution in [2.24, 2.45) is 5.73 Å². The van der Waals surface area contributed by atoms with Crippen molar-refractivity contribution in [1.82, 2.24) is 4.98 Å². The zero-order chi connectivity index (χ0) is 18.0. The molecule has 0 saturated carbocycles. The number of rotatable bonds is 4. The molecule has 0 aliphatic rings. The highest BCUT2D eigenvalue weighted by Crippen LogP contribution is 2.33. The van der Waals surface area contributed by atoms with E-state index in [2.05, 4.69) is 4.98 Å². The van der Waals surface area contributed by atoms with Crippen molar-refractivity contribution in [3.05, 3.63) is 71.4 Å². The van der Waals surface area contributed by atoms with E-state index >= 15 is 0 Å². The summed E-state index contributed by atoms with van der Waals surface area (Å²) in [6.07, 6.45) is -4.49. The summed E-state index contributed by atoms with van der Waals surface area (Å²) < 4.78 is 43.9. The van der Waals surface area contributed by atoms with Crippen LogP contribution in [0.3, 0.4) is 0 Å². The number of halogens is 3. The van der Waals surface area contributed by atoms with Crippen LogP contribution in [0.1, 0.15) is 22.8 Å². The van der Waals surface area contributed by atoms with Crippen LogP contribution in [0.2, 0.25) is 0 Å². The molecule has 130 valence electrons. The fourth-order valence-electron chi connectivity index (χ4n) is 2.78. The number of ether oxygens (including phenoxy) is 1. The molecule has 1 amide bonds. The molecule has 25 heavy (non-hydrogen) atoms. The summed E-state index contributed by atoms with van der Waals surface area (Å²) in [6, 6.07) is 12.2. The van der Waals surface area contributed by atoms with E-state index in [-0.39, 0.29) is 12.0 Å². The van der Waals surface area contributed by atoms with Crippen LogP contribution >= 0.6 is 0 Å². The first-order valence-corrected chi connectivity index (χ1v) is 7.53. The fourth-order valence-corrected chi connectivity index (χ4v) is 2.78. The second-order valence-corrected chi connectivity index (χ2v) is 5.61. The molecule has 2 aromatic carbocycles. The van der Waals surface area contributed by atoms with Crippen LogP contribution in [0, 0.1) is 0 Å². The number of aromatic nitrogens is 1. The van der Waals surface area contributed by atoms with E-state index in [4.69, 9.17) is 10.5 Å². The number of fused-ring (bicyclic) bond motifs is 1. The van der Waals surface area contributed by atoms with Gasteiger partial charge >= 0.3 is 12.3 Å². The van der Waals surface area contributed by atoms with Gasteiger partial charge in [-0.3, -0.25) is 0 Å². The molecule has 0 spiro atoms. The summed E-state index contributed by atoms with van der Waals surface area (Å²) in [6.45, 7) is 0. The van der Waals surface area contributed by atoms with Gasteiger partial charge in [0.1, 0.15) is 6.10 Å². The number of carbonyl (C=O) groups is 1. The van der Waals surface area contributed by atoms with Crippen LogP contribution in [-0.2, 0) is 17.3 Å². The summed E-state index contributed by atoms with van der Waals surface area (Å²) in [7, 11) is 0. The molecule has 0 aliphatic heterocycles. The molecule has 4 nitrogen and oxygen atoms in total. The van der Waals surface area contributed by atoms with Gasteiger partial charge in [-0.15, -0.1) is 0 Å². The third-order valence-corrected chi connectivity index (χ3v) is 3.92. The molecule has 3 N–H and O–H groups in total. The van der Waals surface area contributed by atoms with Crippen LogP contribution < -0.4 is 5.73 Å². The van der Waals surface area contributed by atoms with Crippen LogP contribution in [0.4, 0.5) is 18.0 Å². The highest BCUT2D eigenvalue weighted by molar-refractivity contribution is 5.83. The predicted octanol–water partition coefficient (Wildman–Crippen LogP) is 4.57. The lowest BCUT2D eigenvalue weighted by molar-refractivity contribution is -0.137. The molecule has 0 radical (unpaired) electrons. The highest BCUT2D eigenvalue weighted by atomic mass is 19.4. The molecule has 3 aromatic rings. The molecule has 1 heterocycles. The second kappa shape index (κ2) is 6.51. The Hall–Kier alpha value is -2.96. The Morgan fingerprint density at radius 2 is 1.92 bits per heavy atom. The van der Waals surface area contributed by atoms with Crippen molar-refractivity contribution in [2.45, 2.75) is 18.7 Å². The SMILES string of the molecule is NC(=O)O[C@H](Cc1c[nH]c2ccccc12)c1cccc(C(F)(F)F)c1. The number of para-hydroxylation sites is 1. The average Bonchev–Trinajstić information content (AvgIpc) is 2.96. The van der Waals surface area contributed by atoms with Gasteiger partial charge in [-0.2, -0.15) is 13.2 Å². The highest BCUT2D eigenvalue weighted by Gasteiger charge is 2.31. The molecule has 0 fully saturated rings. The molecular weight excluding hydrogens is 333 g/mol. The quantitative estimate of drug-likeness (QED) is 0.725. The maximum Gasteiger partial charge on any atom is 0.416 e. The van der Waals surface area contributed by atoms with E-state index in [1.807, 2.05) is 24.3 Å². The number of primary amides is 1. The van der Waals surface area contributed by atoms with Crippen molar-refractivity contribution in [3.63, 3.8) is 0 Å². The lowest BCUT2D eigenvalue weighted by atomic mass is 9.99. The van der Waals surface area contributed by atoms with Gasteiger partial charge in [0, 0.05) is 23.5 Å². The van der Waals surface area contributed by atoms with E-state index in [0.29, 0.717) is 0 Å². The third-order valence-electron chi connectivity index (χ3n) is 3.92. The van der Waals surface area contributed by atoms with Crippen molar-refractivity contribution in [3.8, 4) is 0 Å². The van der Waals surface area contributed by atoms with E-state index in [0.717, 1.165) is 28.6 Å².